The molecule has 0 aliphatic carbocycles. The van der Waals surface area contributed by atoms with E-state index in [0.717, 1.165) is 33.7 Å². The molecule has 2 aliphatic rings. The lowest BCUT2D eigenvalue weighted by Crippen LogP contribution is -2.30. The molecular formula is C22H25N5O3S. The molecule has 5 rings (SSSR count). The van der Waals surface area contributed by atoms with Gasteiger partial charge in [0.15, 0.2) is 6.10 Å². The van der Waals surface area contributed by atoms with E-state index >= 15 is 0 Å². The number of nitrogens with zero attached hydrogens (tertiary/aromatic N) is 4. The number of aromatic nitrogens is 3. The summed E-state index contributed by atoms with van der Waals surface area (Å²) in [5.41, 5.74) is 3.45. The molecule has 0 spiro atoms. The number of ether oxygens (including phenoxy) is 2. The first kappa shape index (κ1) is 20.2. The van der Waals surface area contributed by atoms with Crippen molar-refractivity contribution in [3.63, 3.8) is 0 Å². The van der Waals surface area contributed by atoms with Crippen molar-refractivity contribution in [2.45, 2.75) is 25.6 Å². The molecule has 2 N–H and O–H groups in total. The molecule has 0 radical (unpaired) electrons. The lowest BCUT2D eigenvalue weighted by molar-refractivity contribution is 0.0709. The van der Waals surface area contributed by atoms with Crippen LogP contribution in [0.3, 0.4) is 0 Å². The van der Waals surface area contributed by atoms with E-state index in [2.05, 4.69) is 32.2 Å². The van der Waals surface area contributed by atoms with Crippen LogP contribution in [-0.2, 0) is 14.2 Å². The van der Waals surface area contributed by atoms with Gasteiger partial charge in [-0.05, 0) is 54.7 Å². The Bertz CT molecular complexity index is 1250. The van der Waals surface area contributed by atoms with Crippen LogP contribution in [-0.4, -0.2) is 62.9 Å². The largest absolute Gasteiger partial charge is 0.468 e. The summed E-state index contributed by atoms with van der Waals surface area (Å²) in [6.45, 7) is 2.63. The number of fused-ring (bicyclic) bond motifs is 1. The second-order valence-corrected chi connectivity index (χ2v) is 11.0. The number of nitrogens with one attached hydrogen (secondary N) is 1. The van der Waals surface area contributed by atoms with E-state index in [4.69, 9.17) is 13.8 Å². The zero-order valence-electron chi connectivity index (χ0n) is 17.3. The zero-order chi connectivity index (χ0) is 21.4. The summed E-state index contributed by atoms with van der Waals surface area (Å²) in [7, 11) is -1.10. The molecule has 2 aromatic heterocycles. The number of benzene rings is 1. The second kappa shape index (κ2) is 8.07. The third-order valence-corrected chi connectivity index (χ3v) is 8.25. The maximum atomic E-state index is 10.0. The predicted octanol–water partition coefficient (Wildman–Crippen LogP) is 3.02. The molecule has 8 nitrogen and oxygen atoms in total. The molecule has 3 aromatic rings. The van der Waals surface area contributed by atoms with Crippen molar-refractivity contribution in [1.82, 2.24) is 15.0 Å². The summed E-state index contributed by atoms with van der Waals surface area (Å²) >= 11 is 0. The van der Waals surface area contributed by atoms with E-state index in [1.54, 1.807) is 6.20 Å². The third-order valence-electron chi connectivity index (χ3n) is 5.55. The predicted molar refractivity (Wildman–Crippen MR) is 124 cm³/mol. The summed E-state index contributed by atoms with van der Waals surface area (Å²) in [5, 5.41) is 14.3. The molecule has 2 saturated heterocycles. The first-order valence-electron chi connectivity index (χ1n) is 10.3. The fourth-order valence-electron chi connectivity index (χ4n) is 3.80. The van der Waals surface area contributed by atoms with Gasteiger partial charge in [-0.25, -0.2) is 19.3 Å². The van der Waals surface area contributed by atoms with Crippen molar-refractivity contribution in [3.8, 4) is 5.88 Å². The molecule has 162 valence electrons. The highest BCUT2D eigenvalue weighted by Gasteiger charge is 2.29. The van der Waals surface area contributed by atoms with Gasteiger partial charge >= 0.3 is 0 Å². The molecule has 2 atom stereocenters. The zero-order valence-corrected chi connectivity index (χ0v) is 18.1. The number of aliphatic hydroxyl groups is 1. The highest BCUT2D eigenvalue weighted by atomic mass is 32.2. The maximum Gasteiger partial charge on any atom is 0.238 e. The first-order valence-corrected chi connectivity index (χ1v) is 12.4. The topological polar surface area (TPSA) is 102 Å². The first-order chi connectivity index (χ1) is 15.0. The van der Waals surface area contributed by atoms with Gasteiger partial charge in [0.1, 0.15) is 23.9 Å². The number of pyridine rings is 1. The van der Waals surface area contributed by atoms with Gasteiger partial charge in [-0.2, -0.15) is 0 Å². The summed E-state index contributed by atoms with van der Waals surface area (Å²) in [4.78, 5) is 13.3. The number of hydrogen-bond donors (Lipinski definition) is 2. The monoisotopic (exact) mass is 439 g/mol. The number of rotatable bonds is 5. The van der Waals surface area contributed by atoms with E-state index in [1.807, 2.05) is 25.1 Å². The van der Waals surface area contributed by atoms with E-state index in [-0.39, 0.29) is 6.61 Å². The van der Waals surface area contributed by atoms with Crippen LogP contribution in [0, 0.1) is 6.92 Å². The Morgan fingerprint density at radius 2 is 2.13 bits per heavy atom. The Balaban J connectivity index is 1.49. The molecule has 0 bridgehead atoms. The minimum absolute atomic E-state index is 0.264. The SMILES string of the molecule is C=S1(=Nc2cc(C)c3c(Nc4cccnc4O[C@@H]4COC[C@H]4O)ncnc3c2)CCC1. The Hall–Kier alpha value is -2.75. The van der Waals surface area contributed by atoms with E-state index in [9.17, 15) is 5.11 Å². The quantitative estimate of drug-likeness (QED) is 0.589. The fraction of sp³-hybridized carbons (Fsp3) is 0.364. The molecule has 0 amide bonds. The number of aryl methyl sites for hydroxylation is 1. The highest BCUT2D eigenvalue weighted by Crippen LogP contribution is 2.33. The molecule has 2 aliphatic heterocycles. The molecule has 2 fully saturated rings. The van der Waals surface area contributed by atoms with Gasteiger partial charge in [-0.15, -0.1) is 9.41 Å². The molecule has 9 heteroatoms. The number of hydrogen-bond acceptors (Lipinski definition) is 8. The molecule has 4 heterocycles. The fourth-order valence-corrected chi connectivity index (χ4v) is 5.49. The summed E-state index contributed by atoms with van der Waals surface area (Å²) in [5.74, 6) is 7.59. The van der Waals surface area contributed by atoms with Crippen molar-refractivity contribution < 1.29 is 14.6 Å². The van der Waals surface area contributed by atoms with Crippen LogP contribution >= 0.6 is 0 Å². The number of aliphatic hydroxyl groups excluding tert-OH is 1. The van der Waals surface area contributed by atoms with Crippen LogP contribution in [0.25, 0.3) is 10.9 Å². The summed E-state index contributed by atoms with van der Waals surface area (Å²) in [6, 6.07) is 7.76. The molecule has 31 heavy (non-hydrogen) atoms. The van der Waals surface area contributed by atoms with E-state index in [1.165, 1.54) is 12.7 Å². The van der Waals surface area contributed by atoms with Gasteiger partial charge in [0.25, 0.3) is 0 Å². The average molecular weight is 440 g/mol. The van der Waals surface area contributed by atoms with Crippen molar-refractivity contribution in [2.75, 3.05) is 30.0 Å². The summed E-state index contributed by atoms with van der Waals surface area (Å²) < 4.78 is 16.1. The van der Waals surface area contributed by atoms with Crippen molar-refractivity contribution in [2.24, 2.45) is 4.36 Å². The Morgan fingerprint density at radius 3 is 2.87 bits per heavy atom. The van der Waals surface area contributed by atoms with Gasteiger partial charge < -0.3 is 19.9 Å². The third kappa shape index (κ3) is 4.08. The number of anilines is 2. The van der Waals surface area contributed by atoms with E-state index < -0.39 is 21.6 Å². The van der Waals surface area contributed by atoms with Crippen LogP contribution in [0.4, 0.5) is 17.2 Å². The maximum absolute atomic E-state index is 10.0. The lowest BCUT2D eigenvalue weighted by atomic mass is 10.1. The van der Waals surface area contributed by atoms with Gasteiger partial charge in [0.05, 0.1) is 24.4 Å². The van der Waals surface area contributed by atoms with Crippen molar-refractivity contribution in [3.05, 3.63) is 42.4 Å². The van der Waals surface area contributed by atoms with Gasteiger partial charge in [0.2, 0.25) is 5.88 Å². The minimum Gasteiger partial charge on any atom is -0.468 e. The van der Waals surface area contributed by atoms with Crippen LogP contribution in [0.15, 0.2) is 41.2 Å². The van der Waals surface area contributed by atoms with Crippen LogP contribution in [0.5, 0.6) is 5.88 Å². The molecule has 0 saturated carbocycles. The van der Waals surface area contributed by atoms with Gasteiger partial charge in [-0.3, -0.25) is 0 Å². The van der Waals surface area contributed by atoms with Crippen molar-refractivity contribution >= 4 is 43.4 Å². The van der Waals surface area contributed by atoms with Gasteiger partial charge in [0, 0.05) is 11.6 Å². The van der Waals surface area contributed by atoms with Gasteiger partial charge in [-0.1, -0.05) is 5.87 Å². The highest BCUT2D eigenvalue weighted by molar-refractivity contribution is 8.03. The summed E-state index contributed by atoms with van der Waals surface area (Å²) in [6.07, 6.45) is 3.28. The second-order valence-electron chi connectivity index (χ2n) is 7.97. The van der Waals surface area contributed by atoms with Crippen LogP contribution < -0.4 is 10.1 Å². The Labute approximate surface area is 181 Å². The van der Waals surface area contributed by atoms with Crippen LogP contribution in [0.2, 0.25) is 0 Å². The standard InChI is InChI=1S/C22H25N5O3S/c1-14-9-15(27-31(2)7-4-8-31)10-17-20(14)21(25-13-24-17)26-16-5-3-6-23-22(16)30-19-12-29-11-18(19)28/h3,5-6,9-10,13,18-19,28H,2,4,7-8,11-12H2,1H3,(H,24,25,26)/t18-,19-/m1/s1. The Morgan fingerprint density at radius 1 is 1.26 bits per heavy atom. The lowest BCUT2D eigenvalue weighted by Gasteiger charge is -2.24. The molecule has 0 unspecified atom stereocenters. The normalized spacial score (nSPS) is 22.1. The average Bonchev–Trinajstić information content (AvgIpc) is 3.12. The smallest absolute Gasteiger partial charge is 0.238 e. The molecular weight excluding hydrogens is 414 g/mol. The Kier molecular flexibility index (Phi) is 5.25. The van der Waals surface area contributed by atoms with Crippen molar-refractivity contribution in [1.29, 1.82) is 0 Å². The minimum atomic E-state index is -1.10. The van der Waals surface area contributed by atoms with E-state index in [0.29, 0.717) is 24.0 Å². The molecule has 1 aromatic carbocycles. The van der Waals surface area contributed by atoms with Crippen LogP contribution in [0.1, 0.15) is 12.0 Å².